The predicted molar refractivity (Wildman–Crippen MR) is 98.2 cm³/mol. The molecular formula is C20H18N2O4. The minimum absolute atomic E-state index is 0.157. The number of pyridine rings is 1. The van der Waals surface area contributed by atoms with Gasteiger partial charge in [-0.3, -0.25) is 4.79 Å². The Morgan fingerprint density at radius 1 is 1.04 bits per heavy atom. The molecule has 6 heteroatoms. The molecule has 0 spiro atoms. The summed E-state index contributed by atoms with van der Waals surface area (Å²) < 4.78 is 10.3. The Balaban J connectivity index is 1.66. The van der Waals surface area contributed by atoms with Crippen LogP contribution in [0.4, 0.5) is 5.69 Å². The van der Waals surface area contributed by atoms with E-state index in [2.05, 4.69) is 10.3 Å². The molecule has 0 saturated heterocycles. The van der Waals surface area contributed by atoms with Gasteiger partial charge in [-0.25, -0.2) is 9.78 Å². The highest BCUT2D eigenvalue weighted by molar-refractivity contribution is 5.97. The maximum atomic E-state index is 12.3. The average molecular weight is 350 g/mol. The Kier molecular flexibility index (Phi) is 5.12. The number of hydrogen-bond donors (Lipinski definition) is 1. The molecule has 1 amide bonds. The summed E-state index contributed by atoms with van der Waals surface area (Å²) in [4.78, 5) is 28.8. The van der Waals surface area contributed by atoms with Gasteiger partial charge in [0.2, 0.25) is 0 Å². The molecule has 0 fully saturated rings. The zero-order chi connectivity index (χ0) is 18.5. The Morgan fingerprint density at radius 3 is 2.65 bits per heavy atom. The van der Waals surface area contributed by atoms with Crippen molar-refractivity contribution in [1.29, 1.82) is 0 Å². The molecule has 1 atom stereocenters. The van der Waals surface area contributed by atoms with Crippen LogP contribution in [0.2, 0.25) is 0 Å². The summed E-state index contributed by atoms with van der Waals surface area (Å²) in [6.45, 7) is 1.51. The molecule has 0 radical (unpaired) electrons. The summed E-state index contributed by atoms with van der Waals surface area (Å²) in [5.74, 6) is -0.468. The molecule has 0 bridgehead atoms. The van der Waals surface area contributed by atoms with Crippen LogP contribution in [0.25, 0.3) is 10.9 Å². The van der Waals surface area contributed by atoms with Gasteiger partial charge >= 0.3 is 5.97 Å². The number of ether oxygens (including phenoxy) is 2. The molecule has 6 nitrogen and oxygen atoms in total. The zero-order valence-electron chi connectivity index (χ0n) is 14.4. The number of fused-ring (bicyclic) bond motifs is 1. The van der Waals surface area contributed by atoms with Crippen molar-refractivity contribution in [3.63, 3.8) is 0 Å². The number of para-hydroxylation sites is 1. The summed E-state index contributed by atoms with van der Waals surface area (Å²) in [6, 6.07) is 17.7. The third kappa shape index (κ3) is 3.97. The normalized spacial score (nSPS) is 11.6. The summed E-state index contributed by atoms with van der Waals surface area (Å²) in [5.41, 5.74) is 1.40. The van der Waals surface area contributed by atoms with E-state index >= 15 is 0 Å². The van der Waals surface area contributed by atoms with Gasteiger partial charge in [-0.15, -0.1) is 0 Å². The fraction of sp³-hybridized carbons (Fsp3) is 0.150. The molecule has 132 valence electrons. The molecule has 0 saturated carbocycles. The highest BCUT2D eigenvalue weighted by Crippen LogP contribution is 2.17. The van der Waals surface area contributed by atoms with Gasteiger partial charge in [-0.05, 0) is 31.2 Å². The fourth-order valence-corrected chi connectivity index (χ4v) is 2.40. The molecular weight excluding hydrogens is 332 g/mol. The number of methoxy groups -OCH3 is 1. The van der Waals surface area contributed by atoms with Crippen molar-refractivity contribution < 1.29 is 19.1 Å². The van der Waals surface area contributed by atoms with Crippen molar-refractivity contribution in [1.82, 2.24) is 4.98 Å². The molecule has 0 unspecified atom stereocenters. The molecule has 0 aliphatic heterocycles. The third-order valence-electron chi connectivity index (χ3n) is 3.80. The van der Waals surface area contributed by atoms with E-state index in [1.165, 1.54) is 6.92 Å². The van der Waals surface area contributed by atoms with Crippen molar-refractivity contribution in [2.24, 2.45) is 0 Å². The number of benzene rings is 2. The highest BCUT2D eigenvalue weighted by Gasteiger charge is 2.20. The lowest BCUT2D eigenvalue weighted by molar-refractivity contribution is -0.123. The maximum Gasteiger partial charge on any atom is 0.357 e. The Hall–Kier alpha value is -3.41. The number of rotatable bonds is 5. The first-order chi connectivity index (χ1) is 12.6. The Bertz CT molecular complexity index is 955. The molecule has 26 heavy (non-hydrogen) atoms. The van der Waals surface area contributed by atoms with Crippen molar-refractivity contribution in [2.75, 3.05) is 12.4 Å². The van der Waals surface area contributed by atoms with Crippen LogP contribution in [-0.2, 0) is 9.53 Å². The second-order valence-electron chi connectivity index (χ2n) is 5.66. The lowest BCUT2D eigenvalue weighted by atomic mass is 10.2. The second-order valence-corrected chi connectivity index (χ2v) is 5.66. The van der Waals surface area contributed by atoms with Crippen LogP contribution in [0, 0.1) is 0 Å². The summed E-state index contributed by atoms with van der Waals surface area (Å²) in [5, 5.41) is 3.61. The van der Waals surface area contributed by atoms with Crippen LogP contribution in [0.3, 0.4) is 0 Å². The number of esters is 1. The molecule has 0 aliphatic carbocycles. The van der Waals surface area contributed by atoms with Gasteiger partial charge in [-0.1, -0.05) is 30.3 Å². The SMILES string of the molecule is COc1cccc(NC(=O)[C@@H](C)OC(=O)c2ccc3ccccc3n2)c1. The number of carbonyl (C=O) groups excluding carboxylic acids is 2. The molecule has 3 aromatic rings. The number of carbonyl (C=O) groups is 2. The minimum Gasteiger partial charge on any atom is -0.497 e. The number of anilines is 1. The van der Waals surface area contributed by atoms with Crippen LogP contribution in [-0.4, -0.2) is 30.1 Å². The molecule has 0 aliphatic rings. The van der Waals surface area contributed by atoms with E-state index in [4.69, 9.17) is 9.47 Å². The number of hydrogen-bond acceptors (Lipinski definition) is 5. The van der Waals surface area contributed by atoms with Crippen molar-refractivity contribution >= 4 is 28.5 Å². The van der Waals surface area contributed by atoms with E-state index in [-0.39, 0.29) is 5.69 Å². The van der Waals surface area contributed by atoms with Crippen molar-refractivity contribution in [3.8, 4) is 5.75 Å². The van der Waals surface area contributed by atoms with Gasteiger partial charge in [0.05, 0.1) is 12.6 Å². The first-order valence-corrected chi connectivity index (χ1v) is 8.08. The van der Waals surface area contributed by atoms with E-state index in [0.717, 1.165) is 5.39 Å². The summed E-state index contributed by atoms with van der Waals surface area (Å²) >= 11 is 0. The Labute approximate surface area is 150 Å². The molecule has 1 heterocycles. The standard InChI is InChI=1S/C20H18N2O4/c1-13(19(23)21-15-7-5-8-16(12-15)25-2)26-20(24)18-11-10-14-6-3-4-9-17(14)22-18/h3-13H,1-2H3,(H,21,23)/t13-/m1/s1. The van der Waals surface area contributed by atoms with E-state index in [9.17, 15) is 9.59 Å². The molecule has 1 N–H and O–H groups in total. The van der Waals surface area contributed by atoms with E-state index in [0.29, 0.717) is 17.0 Å². The van der Waals surface area contributed by atoms with Crippen molar-refractivity contribution in [3.05, 3.63) is 66.4 Å². The number of nitrogens with zero attached hydrogens (tertiary/aromatic N) is 1. The predicted octanol–water partition coefficient (Wildman–Crippen LogP) is 3.43. The maximum absolute atomic E-state index is 12.3. The van der Waals surface area contributed by atoms with E-state index < -0.39 is 18.0 Å². The van der Waals surface area contributed by atoms with E-state index in [1.807, 2.05) is 24.3 Å². The average Bonchev–Trinajstić information content (AvgIpc) is 2.67. The van der Waals surface area contributed by atoms with Gasteiger partial charge in [0, 0.05) is 17.1 Å². The molecule has 1 aromatic heterocycles. The Morgan fingerprint density at radius 2 is 1.85 bits per heavy atom. The van der Waals surface area contributed by atoms with Crippen LogP contribution < -0.4 is 10.1 Å². The second kappa shape index (κ2) is 7.65. The quantitative estimate of drug-likeness (QED) is 0.713. The van der Waals surface area contributed by atoms with Crippen LogP contribution in [0.1, 0.15) is 17.4 Å². The van der Waals surface area contributed by atoms with Crippen LogP contribution >= 0.6 is 0 Å². The lowest BCUT2D eigenvalue weighted by Crippen LogP contribution is -2.30. The fourth-order valence-electron chi connectivity index (χ4n) is 2.40. The summed E-state index contributed by atoms with van der Waals surface area (Å²) in [6.07, 6.45) is -0.970. The molecule has 2 aromatic carbocycles. The minimum atomic E-state index is -0.970. The van der Waals surface area contributed by atoms with Crippen LogP contribution in [0.5, 0.6) is 5.75 Å². The molecule has 3 rings (SSSR count). The van der Waals surface area contributed by atoms with Crippen LogP contribution in [0.15, 0.2) is 60.7 Å². The van der Waals surface area contributed by atoms with E-state index in [1.54, 1.807) is 43.5 Å². The van der Waals surface area contributed by atoms with Gasteiger partial charge < -0.3 is 14.8 Å². The third-order valence-corrected chi connectivity index (χ3v) is 3.80. The highest BCUT2D eigenvalue weighted by atomic mass is 16.5. The first kappa shape index (κ1) is 17.4. The van der Waals surface area contributed by atoms with Gasteiger partial charge in [0.1, 0.15) is 11.4 Å². The van der Waals surface area contributed by atoms with Gasteiger partial charge in [0.15, 0.2) is 6.10 Å². The monoisotopic (exact) mass is 350 g/mol. The van der Waals surface area contributed by atoms with Gasteiger partial charge in [0.25, 0.3) is 5.91 Å². The topological polar surface area (TPSA) is 77.5 Å². The van der Waals surface area contributed by atoms with Crippen molar-refractivity contribution in [2.45, 2.75) is 13.0 Å². The first-order valence-electron chi connectivity index (χ1n) is 8.08. The van der Waals surface area contributed by atoms with Gasteiger partial charge in [-0.2, -0.15) is 0 Å². The summed E-state index contributed by atoms with van der Waals surface area (Å²) in [7, 11) is 1.54. The number of nitrogens with one attached hydrogen (secondary N) is 1. The largest absolute Gasteiger partial charge is 0.497 e. The smallest absolute Gasteiger partial charge is 0.357 e. The zero-order valence-corrected chi connectivity index (χ0v) is 14.4. The lowest BCUT2D eigenvalue weighted by Gasteiger charge is -2.14. The number of amides is 1. The number of aromatic nitrogens is 1.